The number of carbonyl (C=O) groups is 1. The van der Waals surface area contributed by atoms with Crippen LogP contribution in [-0.4, -0.2) is 18.5 Å². The van der Waals surface area contributed by atoms with E-state index in [0.29, 0.717) is 6.54 Å². The molecule has 3 nitrogen and oxygen atoms in total. The molecular weight excluding hydrogens is 236 g/mol. The van der Waals surface area contributed by atoms with Gasteiger partial charge in [-0.15, -0.1) is 0 Å². The van der Waals surface area contributed by atoms with Crippen LogP contribution >= 0.6 is 0 Å². The van der Waals surface area contributed by atoms with Gasteiger partial charge in [0.05, 0.1) is 5.41 Å². The Labute approximate surface area is 119 Å². The van der Waals surface area contributed by atoms with Gasteiger partial charge < -0.3 is 11.1 Å². The molecule has 114 valence electrons. The molecule has 0 fully saturated rings. The second-order valence-electron chi connectivity index (χ2n) is 5.85. The standard InChI is InChI=1S/C16H34N2O/c1-5-8-9-10-14(4)18-15(19)16(13-17,11-6-2)12-7-3/h14H,5-13,17H2,1-4H3,(H,18,19). The largest absolute Gasteiger partial charge is 0.353 e. The second kappa shape index (κ2) is 10.2. The van der Waals surface area contributed by atoms with Gasteiger partial charge in [0.25, 0.3) is 0 Å². The maximum absolute atomic E-state index is 12.5. The Hall–Kier alpha value is -0.570. The summed E-state index contributed by atoms with van der Waals surface area (Å²) in [5.41, 5.74) is 5.57. The van der Waals surface area contributed by atoms with Crippen molar-refractivity contribution in [1.82, 2.24) is 5.32 Å². The molecule has 0 saturated carbocycles. The van der Waals surface area contributed by atoms with Gasteiger partial charge in [0, 0.05) is 12.6 Å². The van der Waals surface area contributed by atoms with Crippen LogP contribution in [0.15, 0.2) is 0 Å². The molecule has 0 aliphatic rings. The first kappa shape index (κ1) is 18.4. The summed E-state index contributed by atoms with van der Waals surface area (Å²) in [6.45, 7) is 9.01. The molecule has 1 unspecified atom stereocenters. The molecule has 0 heterocycles. The SMILES string of the molecule is CCCCCC(C)NC(=O)C(CN)(CCC)CCC. The third kappa shape index (κ3) is 6.42. The van der Waals surface area contributed by atoms with Crippen molar-refractivity contribution in [2.75, 3.05) is 6.54 Å². The number of hydrogen-bond donors (Lipinski definition) is 2. The fourth-order valence-electron chi connectivity index (χ4n) is 2.76. The maximum atomic E-state index is 12.5. The van der Waals surface area contributed by atoms with E-state index in [4.69, 9.17) is 5.73 Å². The lowest BCUT2D eigenvalue weighted by Gasteiger charge is -2.32. The molecule has 0 aromatic heterocycles. The Morgan fingerprint density at radius 3 is 2.11 bits per heavy atom. The van der Waals surface area contributed by atoms with E-state index in [9.17, 15) is 4.79 Å². The van der Waals surface area contributed by atoms with Crippen molar-refractivity contribution in [2.24, 2.45) is 11.1 Å². The van der Waals surface area contributed by atoms with E-state index in [2.05, 4.69) is 33.0 Å². The molecule has 0 spiro atoms. The Kier molecular flexibility index (Phi) is 9.94. The van der Waals surface area contributed by atoms with Crippen molar-refractivity contribution >= 4 is 5.91 Å². The first-order valence-corrected chi connectivity index (χ1v) is 8.07. The molecular formula is C16H34N2O. The number of carbonyl (C=O) groups excluding carboxylic acids is 1. The van der Waals surface area contributed by atoms with Crippen LogP contribution < -0.4 is 11.1 Å². The van der Waals surface area contributed by atoms with Crippen LogP contribution in [0.1, 0.15) is 79.1 Å². The normalized spacial score (nSPS) is 13.3. The zero-order valence-electron chi connectivity index (χ0n) is 13.4. The maximum Gasteiger partial charge on any atom is 0.227 e. The fourth-order valence-corrected chi connectivity index (χ4v) is 2.76. The number of rotatable bonds is 11. The van der Waals surface area contributed by atoms with Crippen molar-refractivity contribution in [3.05, 3.63) is 0 Å². The minimum absolute atomic E-state index is 0.169. The highest BCUT2D eigenvalue weighted by molar-refractivity contribution is 5.83. The zero-order chi connectivity index (χ0) is 14.7. The Balaban J connectivity index is 4.45. The highest BCUT2D eigenvalue weighted by Crippen LogP contribution is 2.29. The van der Waals surface area contributed by atoms with E-state index in [-0.39, 0.29) is 17.4 Å². The molecule has 3 N–H and O–H groups in total. The Morgan fingerprint density at radius 2 is 1.68 bits per heavy atom. The lowest BCUT2D eigenvalue weighted by Crippen LogP contribution is -2.48. The lowest BCUT2D eigenvalue weighted by atomic mass is 9.78. The summed E-state index contributed by atoms with van der Waals surface area (Å²) in [5.74, 6) is 0.169. The molecule has 1 atom stereocenters. The molecule has 1 amide bonds. The minimum Gasteiger partial charge on any atom is -0.353 e. The average molecular weight is 270 g/mol. The van der Waals surface area contributed by atoms with Gasteiger partial charge >= 0.3 is 0 Å². The number of hydrogen-bond acceptors (Lipinski definition) is 2. The van der Waals surface area contributed by atoms with Crippen molar-refractivity contribution < 1.29 is 4.79 Å². The van der Waals surface area contributed by atoms with E-state index in [1.54, 1.807) is 0 Å². The molecule has 3 heteroatoms. The van der Waals surface area contributed by atoms with Gasteiger partial charge in [0.2, 0.25) is 5.91 Å². The number of amides is 1. The molecule has 0 rings (SSSR count). The van der Waals surface area contributed by atoms with Crippen LogP contribution in [0.5, 0.6) is 0 Å². The number of nitrogens with one attached hydrogen (secondary N) is 1. The molecule has 0 aliphatic carbocycles. The van der Waals surface area contributed by atoms with Crippen molar-refractivity contribution in [3.63, 3.8) is 0 Å². The van der Waals surface area contributed by atoms with Crippen LogP contribution in [0.4, 0.5) is 0 Å². The van der Waals surface area contributed by atoms with Gasteiger partial charge in [0.1, 0.15) is 0 Å². The van der Waals surface area contributed by atoms with Gasteiger partial charge in [-0.3, -0.25) is 4.79 Å². The highest BCUT2D eigenvalue weighted by atomic mass is 16.2. The summed E-state index contributed by atoms with van der Waals surface area (Å²) in [5, 5.41) is 3.18. The summed E-state index contributed by atoms with van der Waals surface area (Å²) in [6.07, 6.45) is 8.53. The predicted molar refractivity (Wildman–Crippen MR) is 83.1 cm³/mol. The summed E-state index contributed by atoms with van der Waals surface area (Å²) in [6, 6.07) is 0.263. The summed E-state index contributed by atoms with van der Waals surface area (Å²) in [4.78, 5) is 12.5. The first-order valence-electron chi connectivity index (χ1n) is 8.07. The number of nitrogens with two attached hydrogens (primary N) is 1. The molecule has 0 aromatic rings. The highest BCUT2D eigenvalue weighted by Gasteiger charge is 2.35. The van der Waals surface area contributed by atoms with Crippen LogP contribution in [-0.2, 0) is 4.79 Å². The fraction of sp³-hybridized carbons (Fsp3) is 0.938. The summed E-state index contributed by atoms with van der Waals surface area (Å²) in [7, 11) is 0. The topological polar surface area (TPSA) is 55.1 Å². The van der Waals surface area contributed by atoms with E-state index >= 15 is 0 Å². The smallest absolute Gasteiger partial charge is 0.227 e. The third-order valence-corrected chi connectivity index (χ3v) is 3.95. The predicted octanol–water partition coefficient (Wildman–Crippen LogP) is 3.62. The molecule has 0 radical (unpaired) electrons. The Morgan fingerprint density at radius 1 is 1.11 bits per heavy atom. The zero-order valence-corrected chi connectivity index (χ0v) is 13.4. The quantitative estimate of drug-likeness (QED) is 0.563. The van der Waals surface area contributed by atoms with Crippen LogP contribution in [0, 0.1) is 5.41 Å². The Bertz CT molecular complexity index is 235. The van der Waals surface area contributed by atoms with Crippen molar-refractivity contribution in [3.8, 4) is 0 Å². The summed E-state index contributed by atoms with van der Waals surface area (Å²) >= 11 is 0. The third-order valence-electron chi connectivity index (χ3n) is 3.95. The van der Waals surface area contributed by atoms with E-state index in [1.807, 2.05) is 0 Å². The van der Waals surface area contributed by atoms with Gasteiger partial charge in [-0.05, 0) is 26.2 Å². The van der Waals surface area contributed by atoms with Gasteiger partial charge in [-0.2, -0.15) is 0 Å². The van der Waals surface area contributed by atoms with E-state index in [1.165, 1.54) is 19.3 Å². The lowest BCUT2D eigenvalue weighted by molar-refractivity contribution is -0.132. The molecule has 0 aromatic carbocycles. The van der Waals surface area contributed by atoms with Gasteiger partial charge in [-0.25, -0.2) is 0 Å². The monoisotopic (exact) mass is 270 g/mol. The van der Waals surface area contributed by atoms with Crippen molar-refractivity contribution in [2.45, 2.75) is 85.1 Å². The van der Waals surface area contributed by atoms with Gasteiger partial charge in [0.15, 0.2) is 0 Å². The van der Waals surface area contributed by atoms with Crippen LogP contribution in [0.2, 0.25) is 0 Å². The van der Waals surface area contributed by atoms with Crippen LogP contribution in [0.25, 0.3) is 0 Å². The average Bonchev–Trinajstić information content (AvgIpc) is 2.38. The molecule has 0 bridgehead atoms. The molecule has 0 aliphatic heterocycles. The second-order valence-corrected chi connectivity index (χ2v) is 5.85. The van der Waals surface area contributed by atoms with Crippen molar-refractivity contribution in [1.29, 1.82) is 0 Å². The summed E-state index contributed by atoms with van der Waals surface area (Å²) < 4.78 is 0. The van der Waals surface area contributed by atoms with E-state index < -0.39 is 0 Å². The van der Waals surface area contributed by atoms with E-state index in [0.717, 1.165) is 32.1 Å². The number of unbranched alkanes of at least 4 members (excludes halogenated alkanes) is 2. The van der Waals surface area contributed by atoms with Crippen LogP contribution in [0.3, 0.4) is 0 Å². The molecule has 0 saturated heterocycles. The molecule has 19 heavy (non-hydrogen) atoms. The van der Waals surface area contributed by atoms with Gasteiger partial charge in [-0.1, -0.05) is 52.9 Å². The first-order chi connectivity index (χ1) is 9.06. The minimum atomic E-state index is -0.345.